The molecule has 30 heavy (non-hydrogen) atoms. The summed E-state index contributed by atoms with van der Waals surface area (Å²) in [5.41, 5.74) is 3.70. The maximum Gasteiger partial charge on any atom is 0.178 e. The zero-order valence-corrected chi connectivity index (χ0v) is 20.2. The number of unbranched alkanes of at least 4 members (excludes halogenated alkanes) is 13. The molecule has 1 aromatic rings. The van der Waals surface area contributed by atoms with Crippen molar-refractivity contribution in [3.05, 3.63) is 24.3 Å². The van der Waals surface area contributed by atoms with Crippen molar-refractivity contribution in [2.45, 2.75) is 115 Å². The highest BCUT2D eigenvalue weighted by molar-refractivity contribution is 7.91. The number of hydrazone groups is 1. The van der Waals surface area contributed by atoms with E-state index in [1.807, 2.05) is 6.92 Å². The van der Waals surface area contributed by atoms with E-state index < -0.39 is 9.84 Å². The highest BCUT2D eigenvalue weighted by Crippen LogP contribution is 2.18. The van der Waals surface area contributed by atoms with Crippen LogP contribution in [-0.4, -0.2) is 20.4 Å². The molecule has 0 aliphatic heterocycles. The largest absolute Gasteiger partial charge is 0.279 e. The summed E-state index contributed by atoms with van der Waals surface area (Å²) in [6, 6.07) is 6.88. The minimum atomic E-state index is -3.18. The maximum absolute atomic E-state index is 12.5. The van der Waals surface area contributed by atoms with Gasteiger partial charge in [0.25, 0.3) is 0 Å². The molecule has 0 saturated heterocycles. The topological polar surface area (TPSA) is 58.5 Å². The van der Waals surface area contributed by atoms with Gasteiger partial charge in [-0.3, -0.25) is 5.43 Å². The van der Waals surface area contributed by atoms with Crippen molar-refractivity contribution in [2.24, 2.45) is 5.10 Å². The summed E-state index contributed by atoms with van der Waals surface area (Å²) in [4.78, 5) is 0.405. The molecule has 0 heterocycles. The molecule has 5 heteroatoms. The Bertz CT molecular complexity index is 654. The SMILES string of the molecule is CCC=NNc1ccc(S(=O)(=O)CCCCCCCCCCCCCCCC)cc1. The zero-order valence-electron chi connectivity index (χ0n) is 19.4. The van der Waals surface area contributed by atoms with Crippen molar-refractivity contribution >= 4 is 21.7 Å². The quantitative estimate of drug-likeness (QED) is 0.137. The van der Waals surface area contributed by atoms with Gasteiger partial charge in [-0.05, 0) is 37.1 Å². The van der Waals surface area contributed by atoms with Gasteiger partial charge in [-0.15, -0.1) is 0 Å². The molecule has 1 rings (SSSR count). The van der Waals surface area contributed by atoms with Gasteiger partial charge in [0, 0.05) is 6.21 Å². The Kier molecular flexibility index (Phi) is 15.4. The smallest absolute Gasteiger partial charge is 0.178 e. The van der Waals surface area contributed by atoms with Gasteiger partial charge in [0.1, 0.15) is 0 Å². The lowest BCUT2D eigenvalue weighted by atomic mass is 10.0. The molecule has 0 aliphatic carbocycles. The Morgan fingerprint density at radius 3 is 1.67 bits per heavy atom. The van der Waals surface area contributed by atoms with Gasteiger partial charge in [-0.2, -0.15) is 5.10 Å². The lowest BCUT2D eigenvalue weighted by Gasteiger charge is -2.06. The Morgan fingerprint density at radius 2 is 1.20 bits per heavy atom. The zero-order chi connectivity index (χ0) is 21.9. The molecule has 0 fully saturated rings. The van der Waals surface area contributed by atoms with Crippen LogP contribution < -0.4 is 5.43 Å². The van der Waals surface area contributed by atoms with Crippen LogP contribution in [0.5, 0.6) is 0 Å². The van der Waals surface area contributed by atoms with Gasteiger partial charge in [0.15, 0.2) is 9.84 Å². The first-order chi connectivity index (χ1) is 14.6. The third-order valence-corrected chi connectivity index (χ3v) is 7.26. The van der Waals surface area contributed by atoms with Gasteiger partial charge < -0.3 is 0 Å². The predicted molar refractivity (Wildman–Crippen MR) is 131 cm³/mol. The van der Waals surface area contributed by atoms with Crippen molar-refractivity contribution in [1.29, 1.82) is 0 Å². The maximum atomic E-state index is 12.5. The summed E-state index contributed by atoms with van der Waals surface area (Å²) in [6.07, 6.45) is 20.4. The van der Waals surface area contributed by atoms with Crippen LogP contribution >= 0.6 is 0 Å². The molecular weight excluding hydrogens is 392 g/mol. The molecule has 0 amide bonds. The minimum Gasteiger partial charge on any atom is -0.279 e. The summed E-state index contributed by atoms with van der Waals surface area (Å²) in [5, 5.41) is 4.05. The highest BCUT2D eigenvalue weighted by atomic mass is 32.2. The van der Waals surface area contributed by atoms with E-state index in [1.165, 1.54) is 70.6 Å². The number of benzene rings is 1. The molecule has 1 N–H and O–H groups in total. The number of nitrogens with one attached hydrogen (secondary N) is 1. The lowest BCUT2D eigenvalue weighted by molar-refractivity contribution is 0.537. The number of rotatable bonds is 19. The fourth-order valence-electron chi connectivity index (χ4n) is 3.55. The van der Waals surface area contributed by atoms with Crippen LogP contribution in [0, 0.1) is 0 Å². The summed E-state index contributed by atoms with van der Waals surface area (Å²) in [5.74, 6) is 0.242. The fraction of sp³-hybridized carbons (Fsp3) is 0.720. The average molecular weight is 437 g/mol. The Morgan fingerprint density at radius 1 is 0.733 bits per heavy atom. The summed E-state index contributed by atoms with van der Waals surface area (Å²) in [7, 11) is -3.18. The average Bonchev–Trinajstić information content (AvgIpc) is 2.74. The summed E-state index contributed by atoms with van der Waals surface area (Å²) >= 11 is 0. The van der Waals surface area contributed by atoms with E-state index >= 15 is 0 Å². The second-order valence-electron chi connectivity index (χ2n) is 8.27. The Labute approximate surface area is 185 Å². The summed E-state index contributed by atoms with van der Waals surface area (Å²) < 4.78 is 24.9. The third kappa shape index (κ3) is 13.0. The van der Waals surface area contributed by atoms with Gasteiger partial charge in [0.2, 0.25) is 0 Å². The van der Waals surface area contributed by atoms with Gasteiger partial charge in [0.05, 0.1) is 16.3 Å². The number of anilines is 1. The van der Waals surface area contributed by atoms with Crippen molar-refractivity contribution < 1.29 is 8.42 Å². The molecular formula is C25H44N2O2S. The lowest BCUT2D eigenvalue weighted by Crippen LogP contribution is -2.07. The molecule has 0 aromatic heterocycles. The first kappa shape index (κ1) is 26.7. The van der Waals surface area contributed by atoms with E-state index in [0.29, 0.717) is 4.90 Å². The van der Waals surface area contributed by atoms with E-state index in [0.717, 1.165) is 31.4 Å². The van der Waals surface area contributed by atoms with E-state index in [1.54, 1.807) is 30.5 Å². The van der Waals surface area contributed by atoms with E-state index in [4.69, 9.17) is 0 Å². The predicted octanol–water partition coefficient (Wildman–Crippen LogP) is 7.75. The van der Waals surface area contributed by atoms with Crippen LogP contribution in [0.15, 0.2) is 34.3 Å². The van der Waals surface area contributed by atoms with Gasteiger partial charge in [-0.25, -0.2) is 8.42 Å². The van der Waals surface area contributed by atoms with Crippen LogP contribution in [0.3, 0.4) is 0 Å². The normalized spacial score (nSPS) is 11.9. The molecule has 172 valence electrons. The van der Waals surface area contributed by atoms with Crippen LogP contribution in [0.25, 0.3) is 0 Å². The van der Waals surface area contributed by atoms with Crippen molar-refractivity contribution in [2.75, 3.05) is 11.2 Å². The molecule has 4 nitrogen and oxygen atoms in total. The van der Waals surface area contributed by atoms with Crippen LogP contribution in [0.2, 0.25) is 0 Å². The van der Waals surface area contributed by atoms with Crippen molar-refractivity contribution in [3.8, 4) is 0 Å². The molecule has 0 bridgehead atoms. The molecule has 0 spiro atoms. The third-order valence-electron chi connectivity index (χ3n) is 5.45. The second-order valence-corrected chi connectivity index (χ2v) is 10.4. The number of nitrogens with zero attached hydrogens (tertiary/aromatic N) is 1. The highest BCUT2D eigenvalue weighted by Gasteiger charge is 2.13. The molecule has 0 radical (unpaired) electrons. The van der Waals surface area contributed by atoms with Crippen molar-refractivity contribution in [1.82, 2.24) is 0 Å². The molecule has 0 unspecified atom stereocenters. The first-order valence-electron chi connectivity index (χ1n) is 12.2. The number of hydrogen-bond acceptors (Lipinski definition) is 4. The summed E-state index contributed by atoms with van der Waals surface area (Å²) in [6.45, 7) is 4.28. The molecule has 0 saturated carbocycles. The number of hydrogen-bond donors (Lipinski definition) is 1. The van der Waals surface area contributed by atoms with Gasteiger partial charge in [-0.1, -0.05) is 97.3 Å². The van der Waals surface area contributed by atoms with Crippen molar-refractivity contribution in [3.63, 3.8) is 0 Å². The molecule has 0 atom stereocenters. The van der Waals surface area contributed by atoms with Crippen LogP contribution in [-0.2, 0) is 9.84 Å². The van der Waals surface area contributed by atoms with Gasteiger partial charge >= 0.3 is 0 Å². The van der Waals surface area contributed by atoms with E-state index in [-0.39, 0.29) is 5.75 Å². The monoisotopic (exact) mass is 436 g/mol. The Balaban J connectivity index is 2.05. The van der Waals surface area contributed by atoms with E-state index in [9.17, 15) is 8.42 Å². The fourth-order valence-corrected chi connectivity index (χ4v) is 4.92. The van der Waals surface area contributed by atoms with Crippen LogP contribution in [0.4, 0.5) is 5.69 Å². The molecule has 1 aromatic carbocycles. The second kappa shape index (κ2) is 17.3. The minimum absolute atomic E-state index is 0.242. The first-order valence-corrected chi connectivity index (χ1v) is 13.9. The van der Waals surface area contributed by atoms with E-state index in [2.05, 4.69) is 17.5 Å². The molecule has 0 aliphatic rings. The Hall–Kier alpha value is -1.36. The standard InChI is InChI=1S/C25H44N2O2S/c1-3-5-6-7-8-9-10-11-12-13-14-15-16-17-23-30(28,29)25-20-18-24(19-21-25)27-26-22-4-2/h18-22,27H,3-17,23H2,1-2H3. The number of sulfone groups is 1. The van der Waals surface area contributed by atoms with Crippen LogP contribution in [0.1, 0.15) is 110 Å².